The first-order chi connectivity index (χ1) is 14.2. The molecule has 152 valence electrons. The van der Waals surface area contributed by atoms with E-state index in [1.54, 1.807) is 11.3 Å². The second-order valence-electron chi connectivity index (χ2n) is 7.40. The Bertz CT molecular complexity index is 930. The largest absolute Gasteiger partial charge is 0.325 e. The molecule has 0 saturated carbocycles. The fourth-order valence-corrected chi connectivity index (χ4v) is 5.04. The van der Waals surface area contributed by atoms with E-state index in [0.29, 0.717) is 6.42 Å². The van der Waals surface area contributed by atoms with Gasteiger partial charge in [0.2, 0.25) is 5.91 Å². The Labute approximate surface area is 180 Å². The highest BCUT2D eigenvalue weighted by Gasteiger charge is 2.18. The molecule has 0 spiro atoms. The fourth-order valence-electron chi connectivity index (χ4n) is 3.51. The number of thiophene rings is 1. The van der Waals surface area contributed by atoms with Crippen LogP contribution in [0.4, 0.5) is 5.69 Å². The van der Waals surface area contributed by atoms with Crippen molar-refractivity contribution in [1.82, 2.24) is 14.8 Å². The number of nitrogens with zero attached hydrogens (tertiary/aromatic N) is 3. The molecule has 0 atom stereocenters. The average Bonchev–Trinajstić information content (AvgIpc) is 3.37. The number of hydrogen-bond acceptors (Lipinski definition) is 6. The minimum atomic E-state index is -0.0117. The number of rotatable bonds is 7. The summed E-state index contributed by atoms with van der Waals surface area (Å²) in [6.45, 7) is 8.22. The van der Waals surface area contributed by atoms with Crippen LogP contribution >= 0.6 is 22.7 Å². The van der Waals surface area contributed by atoms with E-state index < -0.39 is 0 Å². The number of aromatic nitrogens is 1. The van der Waals surface area contributed by atoms with E-state index in [9.17, 15) is 4.79 Å². The third-order valence-electron chi connectivity index (χ3n) is 5.14. The molecule has 0 unspecified atom stereocenters. The quantitative estimate of drug-likeness (QED) is 0.620. The number of amides is 1. The molecule has 3 heterocycles. The maximum absolute atomic E-state index is 12.3. The molecule has 1 aliphatic heterocycles. The summed E-state index contributed by atoms with van der Waals surface area (Å²) in [5.74, 6) is -0.0117. The lowest BCUT2D eigenvalue weighted by molar-refractivity contribution is -0.115. The number of anilines is 1. The van der Waals surface area contributed by atoms with Crippen LogP contribution in [0.25, 0.3) is 0 Å². The molecule has 1 N–H and O–H groups in total. The van der Waals surface area contributed by atoms with Gasteiger partial charge in [0.1, 0.15) is 5.01 Å². The van der Waals surface area contributed by atoms with E-state index >= 15 is 0 Å². The normalized spacial score (nSPS) is 15.5. The number of carbonyl (C=O) groups is 1. The standard InChI is InChI=1S/C22H26N4OS2/c1-17-5-2-3-7-20(17)24-21(27)13-22-23-18(16-29-22)14-25-8-10-26(11-9-25)15-19-6-4-12-28-19/h2-7,12,16H,8-11,13-15H2,1H3,(H,24,27). The third-order valence-corrected chi connectivity index (χ3v) is 6.90. The maximum atomic E-state index is 12.3. The van der Waals surface area contributed by atoms with Crippen LogP contribution in [-0.2, 0) is 24.3 Å². The molecule has 0 bridgehead atoms. The fraction of sp³-hybridized carbons (Fsp3) is 0.364. The zero-order valence-corrected chi connectivity index (χ0v) is 18.3. The Kier molecular flexibility index (Phi) is 6.71. The lowest BCUT2D eigenvalue weighted by atomic mass is 10.2. The molecule has 5 nitrogen and oxygen atoms in total. The van der Waals surface area contributed by atoms with Gasteiger partial charge in [-0.1, -0.05) is 24.3 Å². The molecular weight excluding hydrogens is 400 g/mol. The van der Waals surface area contributed by atoms with E-state index in [1.165, 1.54) is 4.88 Å². The molecular formula is C22H26N4OS2. The first-order valence-electron chi connectivity index (χ1n) is 9.91. The lowest BCUT2D eigenvalue weighted by Gasteiger charge is -2.34. The van der Waals surface area contributed by atoms with Crippen LogP contribution in [0, 0.1) is 6.92 Å². The van der Waals surface area contributed by atoms with Gasteiger partial charge in [-0.05, 0) is 30.0 Å². The van der Waals surface area contributed by atoms with Gasteiger partial charge in [0.15, 0.2) is 0 Å². The monoisotopic (exact) mass is 426 g/mol. The van der Waals surface area contributed by atoms with Crippen LogP contribution in [-0.4, -0.2) is 46.9 Å². The predicted octanol–water partition coefficient (Wildman–Crippen LogP) is 4.01. The van der Waals surface area contributed by atoms with Crippen molar-refractivity contribution in [2.24, 2.45) is 0 Å². The van der Waals surface area contributed by atoms with E-state index in [2.05, 4.69) is 38.0 Å². The first-order valence-corrected chi connectivity index (χ1v) is 11.7. The first kappa shape index (κ1) is 20.2. The van der Waals surface area contributed by atoms with Crippen LogP contribution in [0.1, 0.15) is 21.1 Å². The highest BCUT2D eigenvalue weighted by atomic mass is 32.1. The van der Waals surface area contributed by atoms with Crippen LogP contribution < -0.4 is 5.32 Å². The Morgan fingerprint density at radius 3 is 2.52 bits per heavy atom. The van der Waals surface area contributed by atoms with Crippen LogP contribution in [0.5, 0.6) is 0 Å². The number of hydrogen-bond donors (Lipinski definition) is 1. The number of thiazole rings is 1. The highest BCUT2D eigenvalue weighted by molar-refractivity contribution is 7.10. The van der Waals surface area contributed by atoms with Crippen LogP contribution in [0.3, 0.4) is 0 Å². The minimum absolute atomic E-state index is 0.0117. The van der Waals surface area contributed by atoms with Gasteiger partial charge < -0.3 is 5.32 Å². The Morgan fingerprint density at radius 1 is 1.03 bits per heavy atom. The second-order valence-corrected chi connectivity index (χ2v) is 9.38. The van der Waals surface area contributed by atoms with Gasteiger partial charge in [0.25, 0.3) is 0 Å². The Morgan fingerprint density at radius 2 is 1.79 bits per heavy atom. The van der Waals surface area contributed by atoms with Gasteiger partial charge in [0.05, 0.1) is 12.1 Å². The molecule has 29 heavy (non-hydrogen) atoms. The summed E-state index contributed by atoms with van der Waals surface area (Å²) in [4.78, 5) is 23.4. The third kappa shape index (κ3) is 5.73. The van der Waals surface area contributed by atoms with E-state index in [4.69, 9.17) is 4.98 Å². The summed E-state index contributed by atoms with van der Waals surface area (Å²) in [6, 6.07) is 12.2. The van der Waals surface area contributed by atoms with Crippen molar-refractivity contribution >= 4 is 34.3 Å². The summed E-state index contributed by atoms with van der Waals surface area (Å²) < 4.78 is 0. The van der Waals surface area contributed by atoms with E-state index in [-0.39, 0.29) is 5.91 Å². The van der Waals surface area contributed by atoms with Gasteiger partial charge in [0, 0.05) is 55.2 Å². The molecule has 1 aromatic carbocycles. The molecule has 4 rings (SSSR count). The minimum Gasteiger partial charge on any atom is -0.325 e. The summed E-state index contributed by atoms with van der Waals surface area (Å²) in [6.07, 6.45) is 0.327. The maximum Gasteiger partial charge on any atom is 0.231 e. The summed E-state index contributed by atoms with van der Waals surface area (Å²) in [5, 5.41) is 8.10. The number of aryl methyl sites for hydroxylation is 1. The summed E-state index contributed by atoms with van der Waals surface area (Å²) >= 11 is 3.41. The highest BCUT2D eigenvalue weighted by Crippen LogP contribution is 2.18. The number of piperazine rings is 1. The van der Waals surface area contributed by atoms with E-state index in [1.807, 2.05) is 42.5 Å². The Balaban J connectivity index is 1.23. The van der Waals surface area contributed by atoms with Crippen LogP contribution in [0.2, 0.25) is 0 Å². The van der Waals surface area contributed by atoms with Gasteiger partial charge >= 0.3 is 0 Å². The molecule has 0 aliphatic carbocycles. The zero-order chi connectivity index (χ0) is 20.1. The van der Waals surface area contributed by atoms with Crippen molar-refractivity contribution in [2.75, 3.05) is 31.5 Å². The Hall–Kier alpha value is -2.06. The number of para-hydroxylation sites is 1. The summed E-state index contributed by atoms with van der Waals surface area (Å²) in [7, 11) is 0. The van der Waals surface area contributed by atoms with Gasteiger partial charge in [-0.3, -0.25) is 14.6 Å². The molecule has 7 heteroatoms. The molecule has 1 aliphatic rings. The van der Waals surface area contributed by atoms with Crippen molar-refractivity contribution in [3.05, 3.63) is 68.3 Å². The van der Waals surface area contributed by atoms with Crippen molar-refractivity contribution in [2.45, 2.75) is 26.4 Å². The predicted molar refractivity (Wildman–Crippen MR) is 120 cm³/mol. The molecule has 1 fully saturated rings. The second kappa shape index (κ2) is 9.63. The van der Waals surface area contributed by atoms with Gasteiger partial charge in [-0.2, -0.15) is 0 Å². The van der Waals surface area contributed by atoms with Crippen molar-refractivity contribution in [3.63, 3.8) is 0 Å². The van der Waals surface area contributed by atoms with Gasteiger partial charge in [-0.25, -0.2) is 4.98 Å². The SMILES string of the molecule is Cc1ccccc1NC(=O)Cc1nc(CN2CCN(Cc3cccs3)CC2)cs1. The van der Waals surface area contributed by atoms with Gasteiger partial charge in [-0.15, -0.1) is 22.7 Å². The van der Waals surface area contributed by atoms with Crippen molar-refractivity contribution in [3.8, 4) is 0 Å². The van der Waals surface area contributed by atoms with Crippen LogP contribution in [0.15, 0.2) is 47.2 Å². The lowest BCUT2D eigenvalue weighted by Crippen LogP contribution is -2.45. The topological polar surface area (TPSA) is 48.5 Å². The number of benzene rings is 1. The van der Waals surface area contributed by atoms with Crippen molar-refractivity contribution < 1.29 is 4.79 Å². The number of carbonyl (C=O) groups excluding carboxylic acids is 1. The molecule has 2 aromatic heterocycles. The zero-order valence-electron chi connectivity index (χ0n) is 16.6. The number of nitrogens with one attached hydrogen (secondary N) is 1. The summed E-state index contributed by atoms with van der Waals surface area (Å²) in [5.41, 5.74) is 3.01. The average molecular weight is 427 g/mol. The van der Waals surface area contributed by atoms with Crippen molar-refractivity contribution in [1.29, 1.82) is 0 Å². The molecule has 0 radical (unpaired) electrons. The van der Waals surface area contributed by atoms with E-state index in [0.717, 1.165) is 61.2 Å². The molecule has 3 aromatic rings. The molecule has 1 saturated heterocycles. The smallest absolute Gasteiger partial charge is 0.231 e. The molecule has 1 amide bonds.